The van der Waals surface area contributed by atoms with Crippen molar-refractivity contribution in [3.63, 3.8) is 0 Å². The Morgan fingerprint density at radius 2 is 2.00 bits per heavy atom. The topological polar surface area (TPSA) is 53.0 Å². The summed E-state index contributed by atoms with van der Waals surface area (Å²) >= 11 is 0. The molecule has 0 N–H and O–H groups in total. The van der Waals surface area contributed by atoms with Crippen LogP contribution in [-0.4, -0.2) is 11.0 Å². The minimum absolute atomic E-state index is 0. The Labute approximate surface area is 120 Å². The summed E-state index contributed by atoms with van der Waals surface area (Å²) in [6, 6.07) is 1.65. The molecule has 1 heterocycles. The zero-order valence-corrected chi connectivity index (χ0v) is 10.3. The van der Waals surface area contributed by atoms with E-state index in [2.05, 4.69) is 4.98 Å². The van der Waals surface area contributed by atoms with Crippen LogP contribution in [0.15, 0.2) is 18.3 Å². The van der Waals surface area contributed by atoms with Gasteiger partial charge in [-0.25, -0.2) is 0 Å². The van der Waals surface area contributed by atoms with Crippen LogP contribution in [0.25, 0.3) is 0 Å². The Balaban J connectivity index is 0.00000169. The van der Waals surface area contributed by atoms with Crippen molar-refractivity contribution < 1.29 is 74.5 Å². The molecule has 7 heteroatoms. The molecule has 0 amide bonds. The van der Waals surface area contributed by atoms with Gasteiger partial charge in [0.1, 0.15) is 0 Å². The fourth-order valence-electron chi connectivity index (χ4n) is 0.797. The standard InChI is InChI=1S/C7H4F3NO2.K/c8-7(9,10)4-2-1-3-11-5(4)6(12)13;/h1-3H,(H,12,13);/q;+1/p-1. The molecule has 3 nitrogen and oxygen atoms in total. The van der Waals surface area contributed by atoms with E-state index in [-0.39, 0.29) is 51.4 Å². The van der Waals surface area contributed by atoms with Crippen LogP contribution in [0.5, 0.6) is 0 Å². The van der Waals surface area contributed by atoms with Crippen LogP contribution in [0.4, 0.5) is 13.2 Å². The number of rotatable bonds is 1. The SMILES string of the molecule is O=C([O-])c1ncccc1C(F)(F)F.[K+]. The number of carbonyl (C=O) groups excluding carboxylic acids is 1. The van der Waals surface area contributed by atoms with Crippen LogP contribution in [0.3, 0.4) is 0 Å². The van der Waals surface area contributed by atoms with Crippen molar-refractivity contribution in [3.8, 4) is 0 Å². The quantitative estimate of drug-likeness (QED) is 0.499. The number of carboxylic acid groups (broad SMARTS) is 1. The number of hydrogen-bond acceptors (Lipinski definition) is 3. The first-order valence-corrected chi connectivity index (χ1v) is 3.16. The van der Waals surface area contributed by atoms with Gasteiger partial charge in [-0.1, -0.05) is 0 Å². The molecule has 0 unspecified atom stereocenters. The Morgan fingerprint density at radius 3 is 2.36 bits per heavy atom. The molecule has 0 fully saturated rings. The van der Waals surface area contributed by atoms with E-state index in [9.17, 15) is 23.1 Å². The number of nitrogens with zero attached hydrogens (tertiary/aromatic N) is 1. The molecule has 0 aliphatic heterocycles. The minimum Gasteiger partial charge on any atom is -0.543 e. The summed E-state index contributed by atoms with van der Waals surface area (Å²) < 4.78 is 36.2. The summed E-state index contributed by atoms with van der Waals surface area (Å²) in [6.07, 6.45) is -3.76. The molecule has 0 aromatic carbocycles. The maximum atomic E-state index is 12.1. The zero-order chi connectivity index (χ0) is 10.1. The Hall–Kier alpha value is 0.0464. The van der Waals surface area contributed by atoms with Crippen molar-refractivity contribution in [2.45, 2.75) is 6.18 Å². The molecule has 0 saturated heterocycles. The van der Waals surface area contributed by atoms with Gasteiger partial charge in [-0.05, 0) is 12.1 Å². The summed E-state index contributed by atoms with van der Waals surface area (Å²) in [5.41, 5.74) is -2.38. The Bertz CT molecular complexity index is 340. The van der Waals surface area contributed by atoms with Crippen LogP contribution < -0.4 is 56.5 Å². The van der Waals surface area contributed by atoms with Gasteiger partial charge in [0.05, 0.1) is 17.2 Å². The Kier molecular flexibility index (Phi) is 5.24. The number of pyridine rings is 1. The van der Waals surface area contributed by atoms with Gasteiger partial charge in [0.2, 0.25) is 0 Å². The van der Waals surface area contributed by atoms with E-state index in [1.807, 2.05) is 0 Å². The molecule has 0 aliphatic rings. The van der Waals surface area contributed by atoms with Crippen molar-refractivity contribution in [3.05, 3.63) is 29.6 Å². The van der Waals surface area contributed by atoms with Gasteiger partial charge in [0, 0.05) is 6.20 Å². The smallest absolute Gasteiger partial charge is 0.543 e. The van der Waals surface area contributed by atoms with Crippen molar-refractivity contribution in [1.29, 1.82) is 0 Å². The van der Waals surface area contributed by atoms with Crippen LogP contribution in [0, 0.1) is 0 Å². The average molecular weight is 229 g/mol. The fourth-order valence-corrected chi connectivity index (χ4v) is 0.797. The molecule has 0 saturated carbocycles. The number of halogens is 3. The first-order chi connectivity index (χ1) is 5.93. The van der Waals surface area contributed by atoms with Crippen molar-refractivity contribution in [2.24, 2.45) is 0 Å². The third-order valence-electron chi connectivity index (χ3n) is 1.31. The Morgan fingerprint density at radius 1 is 1.43 bits per heavy atom. The number of carboxylic acids is 1. The normalized spacial score (nSPS) is 10.5. The van der Waals surface area contributed by atoms with E-state index in [4.69, 9.17) is 0 Å². The molecular formula is C7H3F3KNO2. The van der Waals surface area contributed by atoms with Crippen molar-refractivity contribution in [1.82, 2.24) is 4.98 Å². The summed E-state index contributed by atoms with van der Waals surface area (Å²) in [5, 5.41) is 10.2. The zero-order valence-electron chi connectivity index (χ0n) is 7.13. The molecule has 0 spiro atoms. The van der Waals surface area contributed by atoms with Gasteiger partial charge < -0.3 is 9.90 Å². The van der Waals surface area contributed by atoms with Crippen LogP contribution in [0.1, 0.15) is 16.1 Å². The van der Waals surface area contributed by atoms with Gasteiger partial charge in [0.25, 0.3) is 0 Å². The predicted molar refractivity (Wildman–Crippen MR) is 33.6 cm³/mol. The van der Waals surface area contributed by atoms with E-state index in [1.165, 1.54) is 0 Å². The first-order valence-electron chi connectivity index (χ1n) is 3.16. The van der Waals surface area contributed by atoms with Crippen molar-refractivity contribution in [2.75, 3.05) is 0 Å². The van der Waals surface area contributed by atoms with Crippen LogP contribution in [0.2, 0.25) is 0 Å². The van der Waals surface area contributed by atoms with Crippen LogP contribution >= 0.6 is 0 Å². The number of aromatic nitrogens is 1. The van der Waals surface area contributed by atoms with E-state index >= 15 is 0 Å². The number of hydrogen-bond donors (Lipinski definition) is 0. The molecule has 1 rings (SSSR count). The molecule has 70 valence electrons. The summed E-state index contributed by atoms with van der Waals surface area (Å²) in [5.74, 6) is -1.94. The molecule has 14 heavy (non-hydrogen) atoms. The first kappa shape index (κ1) is 14.0. The van der Waals surface area contributed by atoms with Gasteiger partial charge in [0.15, 0.2) is 0 Å². The van der Waals surface area contributed by atoms with Crippen molar-refractivity contribution >= 4 is 5.97 Å². The molecular weight excluding hydrogens is 226 g/mol. The van der Waals surface area contributed by atoms with E-state index in [1.54, 1.807) is 0 Å². The number of alkyl halides is 3. The second kappa shape index (κ2) is 5.22. The second-order valence-corrected chi connectivity index (χ2v) is 2.18. The van der Waals surface area contributed by atoms with Gasteiger partial charge in [-0.2, -0.15) is 13.2 Å². The van der Waals surface area contributed by atoms with Gasteiger partial charge in [-0.15, -0.1) is 0 Å². The molecule has 0 aliphatic carbocycles. The maximum absolute atomic E-state index is 12.1. The largest absolute Gasteiger partial charge is 1.00 e. The third kappa shape index (κ3) is 3.32. The fraction of sp³-hybridized carbons (Fsp3) is 0.143. The van der Waals surface area contributed by atoms with Crippen LogP contribution in [-0.2, 0) is 6.18 Å². The molecule has 0 radical (unpaired) electrons. The van der Waals surface area contributed by atoms with E-state index in [0.717, 1.165) is 12.3 Å². The van der Waals surface area contributed by atoms with Gasteiger partial charge >= 0.3 is 57.6 Å². The molecule has 0 bridgehead atoms. The van der Waals surface area contributed by atoms with E-state index < -0.39 is 23.4 Å². The minimum atomic E-state index is -4.72. The average Bonchev–Trinajstić information content (AvgIpc) is 2.03. The molecule has 1 aromatic heterocycles. The molecule has 0 atom stereocenters. The van der Waals surface area contributed by atoms with E-state index in [0.29, 0.717) is 6.07 Å². The third-order valence-corrected chi connectivity index (χ3v) is 1.31. The maximum Gasteiger partial charge on any atom is 1.00 e. The monoisotopic (exact) mass is 229 g/mol. The molecule has 1 aromatic rings. The summed E-state index contributed by atoms with van der Waals surface area (Å²) in [4.78, 5) is 13.3. The summed E-state index contributed by atoms with van der Waals surface area (Å²) in [6.45, 7) is 0. The summed E-state index contributed by atoms with van der Waals surface area (Å²) in [7, 11) is 0. The number of carbonyl (C=O) groups is 1. The van der Waals surface area contributed by atoms with Gasteiger partial charge in [-0.3, -0.25) is 4.98 Å². The number of aromatic carboxylic acids is 1. The predicted octanol–water partition coefficient (Wildman–Crippen LogP) is -2.53. The second-order valence-electron chi connectivity index (χ2n) is 2.18.